The molecule has 0 amide bonds. The Labute approximate surface area is 166 Å². The molecule has 28 heavy (non-hydrogen) atoms. The standard InChI is InChI=1S/C24H27NO3/c1-17-9-7-8-12-21(17)22(14-18-13-20(26)16-24(2,3)15-18)23(25(27)28)19-10-5-4-6-11-19/h4-13,22-23H,14-16H2,1-3H3/t22-,23+/m1/s1. The van der Waals surface area contributed by atoms with Crippen molar-refractivity contribution in [2.45, 2.75) is 52.0 Å². The average Bonchev–Trinajstić information content (AvgIpc) is 2.60. The molecule has 0 spiro atoms. The molecule has 4 heteroatoms. The first kappa shape index (κ1) is 20.0. The molecular formula is C24H27NO3. The SMILES string of the molecule is Cc1ccccc1[C@@H](CC1=CC(=O)CC(C)(C)C1)[C@H](c1ccccc1)[N+](=O)[O-]. The van der Waals surface area contributed by atoms with Crippen LogP contribution in [0.3, 0.4) is 0 Å². The second-order valence-electron chi connectivity index (χ2n) is 8.59. The molecule has 4 nitrogen and oxygen atoms in total. The van der Waals surface area contributed by atoms with E-state index in [2.05, 4.69) is 13.8 Å². The highest BCUT2D eigenvalue weighted by molar-refractivity contribution is 5.91. The molecule has 0 aliphatic heterocycles. The van der Waals surface area contributed by atoms with Crippen LogP contribution < -0.4 is 0 Å². The van der Waals surface area contributed by atoms with Crippen LogP contribution in [0.15, 0.2) is 66.2 Å². The number of hydrogen-bond acceptors (Lipinski definition) is 3. The molecule has 0 saturated carbocycles. The largest absolute Gasteiger partial charge is 0.295 e. The summed E-state index contributed by atoms with van der Waals surface area (Å²) in [6.07, 6.45) is 3.56. The lowest BCUT2D eigenvalue weighted by Crippen LogP contribution is -2.25. The van der Waals surface area contributed by atoms with Crippen molar-refractivity contribution < 1.29 is 9.72 Å². The van der Waals surface area contributed by atoms with Gasteiger partial charge < -0.3 is 0 Å². The van der Waals surface area contributed by atoms with E-state index in [9.17, 15) is 14.9 Å². The first-order valence-electron chi connectivity index (χ1n) is 9.73. The molecule has 0 unspecified atom stereocenters. The number of nitrogens with zero attached hydrogens (tertiary/aromatic N) is 1. The van der Waals surface area contributed by atoms with Gasteiger partial charge in [-0.15, -0.1) is 0 Å². The van der Waals surface area contributed by atoms with Gasteiger partial charge in [0.2, 0.25) is 6.04 Å². The maximum absolute atomic E-state index is 12.2. The van der Waals surface area contributed by atoms with Crippen molar-refractivity contribution in [1.29, 1.82) is 0 Å². The molecule has 0 heterocycles. The van der Waals surface area contributed by atoms with Gasteiger partial charge in [0.1, 0.15) is 0 Å². The number of carbonyl (C=O) groups is 1. The Morgan fingerprint density at radius 3 is 2.29 bits per heavy atom. The number of carbonyl (C=O) groups excluding carboxylic acids is 1. The van der Waals surface area contributed by atoms with Gasteiger partial charge in [0, 0.05) is 16.9 Å². The summed E-state index contributed by atoms with van der Waals surface area (Å²) in [5.74, 6) is -0.210. The van der Waals surface area contributed by atoms with Crippen LogP contribution in [0, 0.1) is 22.5 Å². The van der Waals surface area contributed by atoms with Gasteiger partial charge in [-0.05, 0) is 42.4 Å². The Balaban J connectivity index is 2.06. The number of allylic oxidation sites excluding steroid dienone is 2. The van der Waals surface area contributed by atoms with E-state index in [1.165, 1.54) is 0 Å². The zero-order valence-corrected chi connectivity index (χ0v) is 16.7. The third-order valence-electron chi connectivity index (χ3n) is 5.54. The second-order valence-corrected chi connectivity index (χ2v) is 8.59. The van der Waals surface area contributed by atoms with Crippen molar-refractivity contribution in [2.24, 2.45) is 5.41 Å². The minimum atomic E-state index is -0.858. The highest BCUT2D eigenvalue weighted by Crippen LogP contribution is 2.43. The Kier molecular flexibility index (Phi) is 5.78. The van der Waals surface area contributed by atoms with Crippen molar-refractivity contribution >= 4 is 5.78 Å². The van der Waals surface area contributed by atoms with E-state index in [4.69, 9.17) is 0 Å². The highest BCUT2D eigenvalue weighted by Gasteiger charge is 2.37. The van der Waals surface area contributed by atoms with Crippen LogP contribution in [-0.4, -0.2) is 10.7 Å². The van der Waals surface area contributed by atoms with Gasteiger partial charge in [-0.2, -0.15) is 0 Å². The number of aryl methyl sites for hydroxylation is 1. The van der Waals surface area contributed by atoms with Crippen LogP contribution in [0.2, 0.25) is 0 Å². The quantitative estimate of drug-likeness (QED) is 0.472. The number of hydrogen-bond donors (Lipinski definition) is 0. The summed E-state index contributed by atoms with van der Waals surface area (Å²) in [7, 11) is 0. The summed E-state index contributed by atoms with van der Waals surface area (Å²) < 4.78 is 0. The Bertz CT molecular complexity index is 899. The smallest absolute Gasteiger partial charge is 0.245 e. The lowest BCUT2D eigenvalue weighted by atomic mass is 9.72. The summed E-state index contributed by atoms with van der Waals surface area (Å²) in [5, 5.41) is 12.2. The molecule has 3 rings (SSSR count). The first-order chi connectivity index (χ1) is 13.3. The van der Waals surface area contributed by atoms with E-state index in [-0.39, 0.29) is 22.0 Å². The first-order valence-corrected chi connectivity index (χ1v) is 9.73. The predicted molar refractivity (Wildman–Crippen MR) is 111 cm³/mol. The summed E-state index contributed by atoms with van der Waals surface area (Å²) in [6.45, 7) is 6.17. The van der Waals surface area contributed by atoms with Gasteiger partial charge in [-0.1, -0.05) is 74.0 Å². The third-order valence-corrected chi connectivity index (χ3v) is 5.54. The monoisotopic (exact) mass is 377 g/mol. The summed E-state index contributed by atoms with van der Waals surface area (Å²) >= 11 is 0. The zero-order chi connectivity index (χ0) is 20.3. The molecule has 2 aromatic carbocycles. The van der Waals surface area contributed by atoms with Crippen molar-refractivity contribution in [3.63, 3.8) is 0 Å². The van der Waals surface area contributed by atoms with Gasteiger partial charge in [-0.3, -0.25) is 14.9 Å². The van der Waals surface area contributed by atoms with Crippen LogP contribution in [0.25, 0.3) is 0 Å². The van der Waals surface area contributed by atoms with E-state index in [0.29, 0.717) is 18.4 Å². The van der Waals surface area contributed by atoms with Crippen molar-refractivity contribution in [1.82, 2.24) is 0 Å². The number of ketones is 1. The third kappa shape index (κ3) is 4.56. The van der Waals surface area contributed by atoms with Crippen molar-refractivity contribution in [3.05, 3.63) is 93.1 Å². The molecule has 0 radical (unpaired) electrons. The van der Waals surface area contributed by atoms with E-state index >= 15 is 0 Å². The van der Waals surface area contributed by atoms with E-state index in [0.717, 1.165) is 23.1 Å². The molecule has 0 N–H and O–H groups in total. The number of benzene rings is 2. The van der Waals surface area contributed by atoms with Gasteiger partial charge >= 0.3 is 0 Å². The summed E-state index contributed by atoms with van der Waals surface area (Å²) in [6, 6.07) is 16.2. The molecule has 1 aliphatic rings. The minimum absolute atomic E-state index is 0.103. The van der Waals surface area contributed by atoms with Crippen LogP contribution >= 0.6 is 0 Å². The molecule has 0 aromatic heterocycles. The van der Waals surface area contributed by atoms with Crippen LogP contribution in [0.5, 0.6) is 0 Å². The molecule has 146 valence electrons. The molecule has 1 aliphatic carbocycles. The van der Waals surface area contributed by atoms with Crippen LogP contribution in [0.1, 0.15) is 61.8 Å². The molecule has 0 fully saturated rings. The van der Waals surface area contributed by atoms with Gasteiger partial charge in [0.25, 0.3) is 0 Å². The fourth-order valence-corrected chi connectivity index (χ4v) is 4.44. The Morgan fingerprint density at radius 2 is 1.68 bits per heavy atom. The number of nitro groups is 1. The molecular weight excluding hydrogens is 350 g/mol. The van der Waals surface area contributed by atoms with Crippen molar-refractivity contribution in [2.75, 3.05) is 0 Å². The van der Waals surface area contributed by atoms with Crippen molar-refractivity contribution in [3.8, 4) is 0 Å². The fraction of sp³-hybridized carbons (Fsp3) is 0.375. The number of rotatable bonds is 6. The molecule has 0 saturated heterocycles. The van der Waals surface area contributed by atoms with Crippen LogP contribution in [0.4, 0.5) is 0 Å². The van der Waals surface area contributed by atoms with Gasteiger partial charge in [0.15, 0.2) is 5.78 Å². The van der Waals surface area contributed by atoms with Gasteiger partial charge in [-0.25, -0.2) is 0 Å². The second kappa shape index (κ2) is 8.09. The van der Waals surface area contributed by atoms with E-state index < -0.39 is 6.04 Å². The zero-order valence-electron chi connectivity index (χ0n) is 16.7. The Morgan fingerprint density at radius 1 is 1.04 bits per heavy atom. The maximum Gasteiger partial charge on any atom is 0.245 e. The van der Waals surface area contributed by atoms with E-state index in [1.54, 1.807) is 6.08 Å². The topological polar surface area (TPSA) is 60.2 Å². The molecule has 2 atom stereocenters. The lowest BCUT2D eigenvalue weighted by molar-refractivity contribution is -0.533. The Hall–Kier alpha value is -2.75. The maximum atomic E-state index is 12.2. The van der Waals surface area contributed by atoms with E-state index in [1.807, 2.05) is 61.5 Å². The van der Waals surface area contributed by atoms with Crippen LogP contribution in [-0.2, 0) is 4.79 Å². The normalized spacial score (nSPS) is 18.2. The lowest BCUT2D eigenvalue weighted by Gasteiger charge is -2.31. The predicted octanol–water partition coefficient (Wildman–Crippen LogP) is 5.80. The summed E-state index contributed by atoms with van der Waals surface area (Å²) in [5.41, 5.74) is 3.62. The minimum Gasteiger partial charge on any atom is -0.295 e. The molecule has 0 bridgehead atoms. The average molecular weight is 377 g/mol. The summed E-state index contributed by atoms with van der Waals surface area (Å²) in [4.78, 5) is 24.2. The van der Waals surface area contributed by atoms with Gasteiger partial charge in [0.05, 0.1) is 5.92 Å². The fourth-order valence-electron chi connectivity index (χ4n) is 4.44. The molecule has 2 aromatic rings. The highest BCUT2D eigenvalue weighted by atomic mass is 16.6.